The van der Waals surface area contributed by atoms with Crippen molar-refractivity contribution in [1.82, 2.24) is 89.3 Å². The lowest BCUT2D eigenvalue weighted by Crippen LogP contribution is -2.65. The zero-order chi connectivity index (χ0) is 102. The summed E-state index contributed by atoms with van der Waals surface area (Å²) in [5.41, 5.74) is 29.9. The number of aromatic amines is 1. The highest BCUT2D eigenvalue weighted by Gasteiger charge is 2.48. The van der Waals surface area contributed by atoms with Crippen molar-refractivity contribution in [3.8, 4) is 5.75 Å². The number of para-hydroxylation sites is 1. The SMILES string of the molecule is CC(=O)NCCCC[C@@H]1NC(=O)[C@H](Cc2c[nH]c3c(C)cccc23)NC(=O)[C@H]([C@@H](C)O)NC(=O)[C@H](CC(N)=O)NC(=O)[C@@H](NC(C)=O)C(C)(C)SSC(C)(C)[C@@H](C(=O)N[C@@H](Cc2ccc(OCCN)cc2)C(=O)N[C@@H](Cc2ccc3ccccc3c2)C(=O)N[C@@](C)(CCCCN)C(=O)N[C@@H](CCCCNC(C)=O)C(=O)N[C@@H](CC(N)=O)C(=O)N[C@@H](Cc2cccnc2)C(=O)N(C)CC(N)=O)NC1=O. The molecule has 1 fully saturated rings. The summed E-state index contributed by atoms with van der Waals surface area (Å²) in [6.07, 6.45) is 0.130. The van der Waals surface area contributed by atoms with Crippen LogP contribution in [0.1, 0.15) is 161 Å². The quantitative estimate of drug-likeness (QED) is 0.0155. The standard InChI is InChI=1S/C94H132N22O20S2/c1-52-22-20-26-64-62(50-103-76(52)64)46-69-83(127)105-65(27-14-18-39-101-54(3)118)81(125)114-79(93(8,9)138-137-92(6,7)78(104-56(5)120)88(132)110-71(48-74(98)122)85(129)113-77(53(2)117)87(131)108-69)89(133)109-67(43-57-30-33-63(34-31-57)136-41-37-96)82(126)106-68(44-58-29-32-60-24-12-13-25-61(60)42-58)86(130)115-94(10,35-16-17-36-95)91(135)112-66(28-15-19-40-102-55(4)119)80(124)107-70(47-73(97)121)84(128)111-72(45-59-23-21-38-100-49-59)90(134)116(11)51-75(99)123/h12-13,20-26,29-34,38,42,49-50,53,65-72,77-79,103,117H,14-19,27-28,35-37,39-41,43-48,51,95-96H2,1-11H3,(H2,97,121)(H2,98,122)(H2,99,123)(H,101,118)(H,102,119)(H,104,120)(H,105,127)(H,106,126)(H,107,124)(H,108,131)(H,109,133)(H,110,132)(H,111,128)(H,112,135)(H,113,129)(H,114,125)(H,115,130)/t53-,65+,66+,67+,68+,69+,70+,71+,72+,77+,78-,79-,94+/m1/s1. The fourth-order valence-corrected chi connectivity index (χ4v) is 18.2. The molecule has 0 radical (unpaired) electrons. The van der Waals surface area contributed by atoms with Crippen LogP contribution in [-0.2, 0) is 112 Å². The van der Waals surface area contributed by atoms with Crippen LogP contribution in [0, 0.1) is 6.92 Å². The molecular formula is C94H132N22O20S2. The van der Waals surface area contributed by atoms with Crippen molar-refractivity contribution in [2.24, 2.45) is 28.7 Å². The Morgan fingerprint density at radius 2 is 1.17 bits per heavy atom. The van der Waals surface area contributed by atoms with Crippen LogP contribution in [0.15, 0.2) is 116 Å². The zero-order valence-electron chi connectivity index (χ0n) is 79.5. The fourth-order valence-electron chi connectivity index (χ4n) is 15.4. The largest absolute Gasteiger partial charge is 0.492 e. The molecule has 0 spiro atoms. The van der Waals surface area contributed by atoms with Gasteiger partial charge in [-0.15, -0.1) is 0 Å². The van der Waals surface area contributed by atoms with E-state index in [2.05, 4.69) is 84.4 Å². The average molecular weight is 1950 g/mol. The number of carbonyl (C=O) groups excluding carboxylic acids is 18. The number of unbranched alkanes of at least 4 members (excludes halogenated alkanes) is 3. The van der Waals surface area contributed by atoms with Gasteiger partial charge in [-0.3, -0.25) is 91.3 Å². The summed E-state index contributed by atoms with van der Waals surface area (Å²) in [4.78, 5) is 267. The molecule has 44 heteroatoms. The predicted molar refractivity (Wildman–Crippen MR) is 518 cm³/mol. The number of primary amides is 3. The van der Waals surface area contributed by atoms with Crippen LogP contribution in [0.5, 0.6) is 5.75 Å². The zero-order valence-corrected chi connectivity index (χ0v) is 81.2. The molecule has 13 atom stereocenters. The van der Waals surface area contributed by atoms with Crippen molar-refractivity contribution in [1.29, 1.82) is 0 Å². The number of aromatic nitrogens is 2. The van der Waals surface area contributed by atoms with Gasteiger partial charge in [0, 0.05) is 112 Å². The van der Waals surface area contributed by atoms with E-state index in [1.165, 1.54) is 67.9 Å². The number of H-pyrrole nitrogens is 1. The van der Waals surface area contributed by atoms with Crippen LogP contribution in [0.3, 0.4) is 0 Å². The number of rotatable bonds is 46. The molecule has 1 saturated heterocycles. The first-order valence-corrected chi connectivity index (χ1v) is 47.7. The Labute approximate surface area is 808 Å². The second kappa shape index (κ2) is 53.4. The molecule has 7 rings (SSSR count). The highest BCUT2D eigenvalue weighted by Crippen LogP contribution is 2.47. The maximum Gasteiger partial charge on any atom is 0.246 e. The molecule has 0 unspecified atom stereocenters. The van der Waals surface area contributed by atoms with Gasteiger partial charge in [-0.1, -0.05) is 100 Å². The molecule has 26 N–H and O–H groups in total. The number of aliphatic hydroxyl groups excluding tert-OH is 1. The maximum atomic E-state index is 16.4. The summed E-state index contributed by atoms with van der Waals surface area (Å²) in [6.45, 7) is 14.1. The number of nitrogens with zero attached hydrogens (tertiary/aromatic N) is 2. The molecule has 18 amide bonds. The number of hydrogen-bond acceptors (Lipinski definition) is 25. The number of aryl methyl sites for hydroxylation is 1. The first kappa shape index (κ1) is 112. The van der Waals surface area contributed by atoms with Crippen LogP contribution in [0.4, 0.5) is 0 Å². The van der Waals surface area contributed by atoms with E-state index in [0.717, 1.165) is 51.3 Å². The third-order valence-corrected chi connectivity index (χ3v) is 27.2. The summed E-state index contributed by atoms with van der Waals surface area (Å²) >= 11 is 0. The van der Waals surface area contributed by atoms with Crippen LogP contribution in [-0.4, -0.2) is 260 Å². The van der Waals surface area contributed by atoms with Crippen LogP contribution >= 0.6 is 21.6 Å². The minimum atomic E-state index is -2.07. The summed E-state index contributed by atoms with van der Waals surface area (Å²) in [7, 11) is 3.06. The Kier molecular flexibility index (Phi) is 43.2. The number of nitrogens with one attached hydrogen (secondary N) is 15. The van der Waals surface area contributed by atoms with Crippen molar-refractivity contribution in [2.75, 3.05) is 46.4 Å². The lowest BCUT2D eigenvalue weighted by atomic mass is 9.91. The number of nitrogens with two attached hydrogens (primary N) is 5. The van der Waals surface area contributed by atoms with Gasteiger partial charge < -0.3 is 123 Å². The molecule has 42 nitrogen and oxygen atoms in total. The third kappa shape index (κ3) is 35.0. The number of ether oxygens (including phenoxy) is 1. The number of pyridine rings is 1. The van der Waals surface area contributed by atoms with Gasteiger partial charge in [0.1, 0.15) is 84.4 Å². The van der Waals surface area contributed by atoms with Gasteiger partial charge in [0.2, 0.25) is 106 Å². The van der Waals surface area contributed by atoms with Crippen molar-refractivity contribution in [3.63, 3.8) is 0 Å². The molecule has 0 aliphatic carbocycles. The minimum absolute atomic E-state index is 0.0963. The number of fused-ring (bicyclic) bond motifs is 2. The number of likely N-dealkylation sites (N-methyl/N-ethyl adjacent to an activating group) is 1. The number of hydrogen-bond donors (Lipinski definition) is 21. The molecule has 4 aromatic carbocycles. The summed E-state index contributed by atoms with van der Waals surface area (Å²) < 4.78 is 2.56. The monoisotopic (exact) mass is 1950 g/mol. The second-order valence-corrected chi connectivity index (χ2v) is 39.0. The molecule has 1 aliphatic rings. The van der Waals surface area contributed by atoms with Gasteiger partial charge in [-0.2, -0.15) is 0 Å². The van der Waals surface area contributed by atoms with Gasteiger partial charge in [0.25, 0.3) is 0 Å². The van der Waals surface area contributed by atoms with Crippen LogP contribution in [0.25, 0.3) is 21.7 Å². The Balaban J connectivity index is 1.37. The molecule has 6 aromatic rings. The third-order valence-electron chi connectivity index (χ3n) is 22.9. The molecule has 0 saturated carbocycles. The number of amides is 18. The Morgan fingerprint density at radius 1 is 0.572 bits per heavy atom. The van der Waals surface area contributed by atoms with Crippen molar-refractivity contribution in [3.05, 3.63) is 143 Å². The first-order chi connectivity index (χ1) is 65.2. The summed E-state index contributed by atoms with van der Waals surface area (Å²) in [5, 5.41) is 51.0. The van der Waals surface area contributed by atoms with Gasteiger partial charge in [-0.05, 0) is 170 Å². The van der Waals surface area contributed by atoms with E-state index in [-0.39, 0.29) is 122 Å². The van der Waals surface area contributed by atoms with E-state index in [4.69, 9.17) is 33.4 Å². The highest BCUT2D eigenvalue weighted by molar-refractivity contribution is 8.77. The van der Waals surface area contributed by atoms with Crippen molar-refractivity contribution >= 4 is 150 Å². The van der Waals surface area contributed by atoms with Gasteiger partial charge in [-0.25, -0.2) is 0 Å². The lowest BCUT2D eigenvalue weighted by molar-refractivity contribution is -0.139. The topological polar surface area (TPSA) is 667 Å². The lowest BCUT2D eigenvalue weighted by Gasteiger charge is -2.39. The van der Waals surface area contributed by atoms with Gasteiger partial charge >= 0.3 is 0 Å². The highest BCUT2D eigenvalue weighted by atomic mass is 33.1. The van der Waals surface area contributed by atoms with Gasteiger partial charge in [0.05, 0.1) is 25.5 Å². The molecule has 1 aliphatic heterocycles. The van der Waals surface area contributed by atoms with Crippen molar-refractivity contribution < 1.29 is 96.1 Å². The number of benzene rings is 4. The van der Waals surface area contributed by atoms with Crippen LogP contribution < -0.4 is 108 Å². The molecule has 0 bridgehead atoms. The molecule has 750 valence electrons. The van der Waals surface area contributed by atoms with E-state index in [1.807, 2.05) is 31.2 Å². The maximum absolute atomic E-state index is 16.4. The Morgan fingerprint density at radius 3 is 1.80 bits per heavy atom. The molecule has 138 heavy (non-hydrogen) atoms. The number of aliphatic hydroxyl groups is 1. The Hall–Kier alpha value is -13.3. The Bertz CT molecular complexity index is 5320. The fraction of sp³-hybridized carbons (Fsp3) is 0.500. The second-order valence-electron chi connectivity index (χ2n) is 35.6. The van der Waals surface area contributed by atoms with E-state index < -0.39 is 208 Å². The van der Waals surface area contributed by atoms with E-state index >= 15 is 33.6 Å². The van der Waals surface area contributed by atoms with E-state index in [1.54, 1.807) is 79.0 Å². The first-order valence-electron chi connectivity index (χ1n) is 45.5. The minimum Gasteiger partial charge on any atom is -0.492 e. The summed E-state index contributed by atoms with van der Waals surface area (Å²) in [5.74, 6) is -16.8. The normalized spacial score (nSPS) is 18.7. The number of carbonyl (C=O) groups is 18. The molecule has 2 aromatic heterocycles. The van der Waals surface area contributed by atoms with Crippen LogP contribution in [0.2, 0.25) is 0 Å². The molecule has 3 heterocycles. The molecular weight excluding hydrogens is 1820 g/mol. The van der Waals surface area contributed by atoms with E-state index in [0.29, 0.717) is 44.3 Å². The predicted octanol–water partition coefficient (Wildman–Crippen LogP) is -1.37. The van der Waals surface area contributed by atoms with E-state index in [9.17, 15) is 57.8 Å². The van der Waals surface area contributed by atoms with Crippen molar-refractivity contribution in [2.45, 2.75) is 253 Å². The summed E-state index contributed by atoms with van der Waals surface area (Å²) in [6, 6.07) is 8.31. The average Bonchev–Trinajstić information content (AvgIpc) is 1.63. The smallest absolute Gasteiger partial charge is 0.246 e. The van der Waals surface area contributed by atoms with Gasteiger partial charge in [0.15, 0.2) is 0 Å².